The minimum atomic E-state index is 0.00441. The molecule has 0 bridgehead atoms. The fourth-order valence-electron chi connectivity index (χ4n) is 3.25. The lowest BCUT2D eigenvalue weighted by molar-refractivity contribution is -0.130. The highest BCUT2D eigenvalue weighted by Gasteiger charge is 2.23. The second-order valence-electron chi connectivity index (χ2n) is 7.09. The van der Waals surface area contributed by atoms with E-state index in [0.29, 0.717) is 38.2 Å². The lowest BCUT2D eigenvalue weighted by Gasteiger charge is -2.22. The smallest absolute Gasteiger partial charge is 0.253 e. The van der Waals surface area contributed by atoms with E-state index in [4.69, 9.17) is 4.74 Å². The molecule has 3 rings (SSSR count). The van der Waals surface area contributed by atoms with Gasteiger partial charge in [0.1, 0.15) is 5.75 Å². The van der Waals surface area contributed by atoms with Gasteiger partial charge < -0.3 is 19.5 Å². The fraction of sp³-hybridized carbons (Fsp3) is 0.429. The molecule has 144 valence electrons. The Morgan fingerprint density at radius 2 is 1.74 bits per heavy atom. The zero-order chi connectivity index (χ0) is 19.2. The number of amides is 2. The molecule has 0 saturated carbocycles. The lowest BCUT2D eigenvalue weighted by atomic mass is 10.2. The molecule has 0 spiro atoms. The summed E-state index contributed by atoms with van der Waals surface area (Å²) in [6, 6.07) is 11.1. The first-order valence-electron chi connectivity index (χ1n) is 9.49. The summed E-state index contributed by atoms with van der Waals surface area (Å²) in [5.41, 5.74) is 1.57. The van der Waals surface area contributed by atoms with Crippen LogP contribution < -0.4 is 4.74 Å². The molecular formula is C21H27N3O3. The predicted molar refractivity (Wildman–Crippen MR) is 104 cm³/mol. The van der Waals surface area contributed by atoms with Crippen molar-refractivity contribution in [1.29, 1.82) is 0 Å². The van der Waals surface area contributed by atoms with Crippen molar-refractivity contribution in [2.45, 2.75) is 32.8 Å². The Kier molecular flexibility index (Phi) is 6.16. The summed E-state index contributed by atoms with van der Waals surface area (Å²) >= 11 is 0. The molecule has 6 heteroatoms. The van der Waals surface area contributed by atoms with Gasteiger partial charge >= 0.3 is 0 Å². The van der Waals surface area contributed by atoms with Gasteiger partial charge in [0.05, 0.1) is 12.5 Å². The number of aromatic nitrogens is 1. The van der Waals surface area contributed by atoms with E-state index in [1.807, 2.05) is 54.1 Å². The SMILES string of the molecule is CC(C)Oc1ccc(C(=O)N2CCCN(C(=O)Cc3ccc[nH]3)CC2)cc1. The van der Waals surface area contributed by atoms with Gasteiger partial charge in [-0.1, -0.05) is 0 Å². The third-order valence-corrected chi connectivity index (χ3v) is 4.61. The van der Waals surface area contributed by atoms with Gasteiger partial charge in [-0.2, -0.15) is 0 Å². The normalized spacial score (nSPS) is 14.9. The van der Waals surface area contributed by atoms with Crippen LogP contribution in [0.5, 0.6) is 5.75 Å². The zero-order valence-electron chi connectivity index (χ0n) is 16.0. The van der Waals surface area contributed by atoms with Crippen molar-refractivity contribution in [3.63, 3.8) is 0 Å². The monoisotopic (exact) mass is 369 g/mol. The Hall–Kier alpha value is -2.76. The molecule has 0 radical (unpaired) electrons. The van der Waals surface area contributed by atoms with Gasteiger partial charge in [0, 0.05) is 43.6 Å². The van der Waals surface area contributed by atoms with Crippen molar-refractivity contribution in [2.24, 2.45) is 0 Å². The van der Waals surface area contributed by atoms with Crippen molar-refractivity contribution in [2.75, 3.05) is 26.2 Å². The maximum absolute atomic E-state index is 12.8. The zero-order valence-corrected chi connectivity index (χ0v) is 16.0. The van der Waals surface area contributed by atoms with Crippen LogP contribution in [-0.2, 0) is 11.2 Å². The summed E-state index contributed by atoms with van der Waals surface area (Å²) in [5.74, 6) is 0.866. The molecule has 1 N–H and O–H groups in total. The molecule has 6 nitrogen and oxygen atoms in total. The van der Waals surface area contributed by atoms with Crippen LogP contribution in [0.2, 0.25) is 0 Å². The number of aromatic amines is 1. The molecule has 27 heavy (non-hydrogen) atoms. The molecule has 1 fully saturated rings. The van der Waals surface area contributed by atoms with E-state index in [1.165, 1.54) is 0 Å². The number of carbonyl (C=O) groups excluding carboxylic acids is 2. The highest BCUT2D eigenvalue weighted by atomic mass is 16.5. The molecular weight excluding hydrogens is 342 g/mol. The number of nitrogens with zero attached hydrogens (tertiary/aromatic N) is 2. The predicted octanol–water partition coefficient (Wildman–Crippen LogP) is 2.72. The first-order chi connectivity index (χ1) is 13.0. The lowest BCUT2D eigenvalue weighted by Crippen LogP contribution is -2.38. The van der Waals surface area contributed by atoms with E-state index in [9.17, 15) is 9.59 Å². The summed E-state index contributed by atoms with van der Waals surface area (Å²) in [4.78, 5) is 32.0. The number of rotatable bonds is 5. The summed E-state index contributed by atoms with van der Waals surface area (Å²) < 4.78 is 5.63. The molecule has 2 heterocycles. The minimum absolute atomic E-state index is 0.00441. The van der Waals surface area contributed by atoms with Crippen LogP contribution >= 0.6 is 0 Å². The summed E-state index contributed by atoms with van der Waals surface area (Å²) in [5, 5.41) is 0. The summed E-state index contributed by atoms with van der Waals surface area (Å²) in [6.45, 7) is 6.41. The van der Waals surface area contributed by atoms with Crippen LogP contribution in [0.25, 0.3) is 0 Å². The highest BCUT2D eigenvalue weighted by Crippen LogP contribution is 2.16. The fourth-order valence-corrected chi connectivity index (χ4v) is 3.25. The van der Waals surface area contributed by atoms with E-state index in [1.54, 1.807) is 12.1 Å². The average molecular weight is 369 g/mol. The molecule has 0 aliphatic carbocycles. The molecule has 1 aromatic heterocycles. The van der Waals surface area contributed by atoms with Gasteiger partial charge in [0.15, 0.2) is 0 Å². The Labute approximate surface area is 160 Å². The van der Waals surface area contributed by atoms with Gasteiger partial charge in [-0.15, -0.1) is 0 Å². The number of hydrogen-bond donors (Lipinski definition) is 1. The van der Waals surface area contributed by atoms with Gasteiger partial charge in [-0.3, -0.25) is 9.59 Å². The first kappa shape index (κ1) is 19.0. The molecule has 2 amide bonds. The minimum Gasteiger partial charge on any atom is -0.491 e. The van der Waals surface area contributed by atoms with Crippen molar-refractivity contribution in [3.8, 4) is 5.75 Å². The second kappa shape index (κ2) is 8.75. The van der Waals surface area contributed by atoms with Crippen LogP contribution in [0.15, 0.2) is 42.6 Å². The molecule has 1 aliphatic rings. The maximum Gasteiger partial charge on any atom is 0.253 e. The maximum atomic E-state index is 12.8. The van der Waals surface area contributed by atoms with E-state index in [-0.39, 0.29) is 17.9 Å². The molecule has 1 aromatic carbocycles. The number of ether oxygens (including phenoxy) is 1. The van der Waals surface area contributed by atoms with Crippen molar-refractivity contribution in [3.05, 3.63) is 53.9 Å². The largest absolute Gasteiger partial charge is 0.491 e. The Bertz CT molecular complexity index is 753. The molecule has 0 unspecified atom stereocenters. The molecule has 0 atom stereocenters. The Morgan fingerprint density at radius 1 is 1.04 bits per heavy atom. The van der Waals surface area contributed by atoms with Crippen LogP contribution in [0.3, 0.4) is 0 Å². The Morgan fingerprint density at radius 3 is 2.41 bits per heavy atom. The number of hydrogen-bond acceptors (Lipinski definition) is 3. The average Bonchev–Trinajstić information content (AvgIpc) is 3.02. The highest BCUT2D eigenvalue weighted by molar-refractivity contribution is 5.94. The molecule has 1 saturated heterocycles. The van der Waals surface area contributed by atoms with Crippen LogP contribution in [-0.4, -0.2) is 58.9 Å². The van der Waals surface area contributed by atoms with E-state index in [2.05, 4.69) is 4.98 Å². The number of benzene rings is 1. The molecule has 2 aromatic rings. The topological polar surface area (TPSA) is 65.6 Å². The van der Waals surface area contributed by atoms with E-state index < -0.39 is 0 Å². The quantitative estimate of drug-likeness (QED) is 0.881. The van der Waals surface area contributed by atoms with E-state index in [0.717, 1.165) is 17.9 Å². The van der Waals surface area contributed by atoms with Crippen LogP contribution in [0.4, 0.5) is 0 Å². The van der Waals surface area contributed by atoms with Crippen LogP contribution in [0, 0.1) is 0 Å². The third kappa shape index (κ3) is 5.12. The van der Waals surface area contributed by atoms with Crippen molar-refractivity contribution >= 4 is 11.8 Å². The molecule has 1 aliphatic heterocycles. The van der Waals surface area contributed by atoms with Gasteiger partial charge in [0.2, 0.25) is 5.91 Å². The number of H-pyrrole nitrogens is 1. The van der Waals surface area contributed by atoms with E-state index >= 15 is 0 Å². The summed E-state index contributed by atoms with van der Waals surface area (Å²) in [7, 11) is 0. The number of nitrogens with one attached hydrogen (secondary N) is 1. The van der Waals surface area contributed by atoms with Crippen LogP contribution in [0.1, 0.15) is 36.3 Å². The third-order valence-electron chi connectivity index (χ3n) is 4.61. The second-order valence-corrected chi connectivity index (χ2v) is 7.09. The number of carbonyl (C=O) groups is 2. The van der Waals surface area contributed by atoms with Gasteiger partial charge in [0.25, 0.3) is 5.91 Å². The van der Waals surface area contributed by atoms with Gasteiger partial charge in [-0.05, 0) is 56.7 Å². The summed E-state index contributed by atoms with van der Waals surface area (Å²) in [6.07, 6.45) is 3.09. The van der Waals surface area contributed by atoms with Gasteiger partial charge in [-0.25, -0.2) is 0 Å². The van der Waals surface area contributed by atoms with Crippen molar-refractivity contribution in [1.82, 2.24) is 14.8 Å². The van der Waals surface area contributed by atoms with Crippen molar-refractivity contribution < 1.29 is 14.3 Å². The first-order valence-corrected chi connectivity index (χ1v) is 9.49. The Balaban J connectivity index is 1.56. The standard InChI is InChI=1S/C21H27N3O3/c1-16(2)27-19-8-6-17(7-9-19)21(26)24-12-4-11-23(13-14-24)20(25)15-18-5-3-10-22-18/h3,5-10,16,22H,4,11-15H2,1-2H3.